The van der Waals surface area contributed by atoms with Crippen LogP contribution in [0.4, 0.5) is 5.69 Å². The van der Waals surface area contributed by atoms with E-state index in [2.05, 4.69) is 56.0 Å². The summed E-state index contributed by atoms with van der Waals surface area (Å²) < 4.78 is 12.7. The van der Waals surface area contributed by atoms with Crippen molar-refractivity contribution in [2.75, 3.05) is 12.4 Å². The summed E-state index contributed by atoms with van der Waals surface area (Å²) in [5.41, 5.74) is 4.15. The Morgan fingerprint density at radius 1 is 1.12 bits per heavy atom. The Labute approximate surface area is 207 Å². The number of oxazole rings is 1. The first-order valence-electron chi connectivity index (χ1n) is 9.81. The molecule has 0 bridgehead atoms. The number of hydrogen-bond donors (Lipinski definition) is 1. The summed E-state index contributed by atoms with van der Waals surface area (Å²) in [7, 11) is 1.52. The Morgan fingerprint density at radius 3 is 2.62 bits per heavy atom. The minimum absolute atomic E-state index is 0.323. The molecule has 8 heteroatoms. The first kappa shape index (κ1) is 22.8. The van der Waals surface area contributed by atoms with Gasteiger partial charge in [-0.05, 0) is 69.9 Å². The molecule has 0 saturated carbocycles. The van der Waals surface area contributed by atoms with Gasteiger partial charge in [0.1, 0.15) is 11.3 Å². The zero-order valence-corrected chi connectivity index (χ0v) is 21.4. The summed E-state index contributed by atoms with van der Waals surface area (Å²) in [5.74, 6) is 0.901. The Balaban J connectivity index is 1.68. The highest BCUT2D eigenvalue weighted by Gasteiger charge is 2.18. The number of amides is 1. The summed E-state index contributed by atoms with van der Waals surface area (Å²) in [6.45, 7) is 4.26. The van der Waals surface area contributed by atoms with E-state index in [4.69, 9.17) is 20.8 Å². The molecule has 1 N–H and O–H groups in total. The molecule has 1 heterocycles. The standard InChI is InChI=1S/C24H19Br2ClN2O3/c1-12(2)13-4-7-21-20(8-13)29-24(32-21)16-11-15(5-6-19(16)27)28-23(30)17-9-14(25)10-18(26)22(17)31-3/h4-12H,1-3H3,(H,28,30). The average Bonchev–Trinajstić information content (AvgIpc) is 3.17. The zero-order valence-electron chi connectivity index (χ0n) is 17.5. The smallest absolute Gasteiger partial charge is 0.259 e. The number of carbonyl (C=O) groups is 1. The maximum atomic E-state index is 13.0. The van der Waals surface area contributed by atoms with E-state index in [1.54, 1.807) is 24.3 Å². The molecule has 0 spiro atoms. The molecular formula is C24H19Br2ClN2O3. The minimum Gasteiger partial charge on any atom is -0.495 e. The van der Waals surface area contributed by atoms with E-state index in [0.29, 0.717) is 49.5 Å². The van der Waals surface area contributed by atoms with Gasteiger partial charge in [-0.2, -0.15) is 0 Å². The van der Waals surface area contributed by atoms with Gasteiger partial charge in [-0.25, -0.2) is 4.98 Å². The number of rotatable bonds is 5. The Hall–Kier alpha value is -2.35. The summed E-state index contributed by atoms with van der Waals surface area (Å²) in [6.07, 6.45) is 0. The van der Waals surface area contributed by atoms with E-state index in [-0.39, 0.29) is 5.91 Å². The highest BCUT2D eigenvalue weighted by atomic mass is 79.9. The number of halogens is 3. The van der Waals surface area contributed by atoms with Gasteiger partial charge >= 0.3 is 0 Å². The van der Waals surface area contributed by atoms with Gasteiger partial charge in [-0.3, -0.25) is 4.79 Å². The lowest BCUT2D eigenvalue weighted by molar-refractivity contribution is 0.102. The molecule has 1 aromatic heterocycles. The lowest BCUT2D eigenvalue weighted by atomic mass is 10.0. The third kappa shape index (κ3) is 4.56. The maximum absolute atomic E-state index is 13.0. The molecule has 32 heavy (non-hydrogen) atoms. The molecule has 0 aliphatic heterocycles. The van der Waals surface area contributed by atoms with Crippen molar-refractivity contribution in [3.8, 4) is 17.2 Å². The fraction of sp³-hybridized carbons (Fsp3) is 0.167. The second-order valence-corrected chi connectivity index (χ2v) is 9.70. The lowest BCUT2D eigenvalue weighted by Crippen LogP contribution is -2.13. The number of ether oxygens (including phenoxy) is 1. The fourth-order valence-corrected chi connectivity index (χ4v) is 4.91. The van der Waals surface area contributed by atoms with E-state index in [0.717, 1.165) is 9.99 Å². The van der Waals surface area contributed by atoms with Crippen LogP contribution < -0.4 is 10.1 Å². The van der Waals surface area contributed by atoms with Gasteiger partial charge in [0.15, 0.2) is 5.58 Å². The number of anilines is 1. The second-order valence-electron chi connectivity index (χ2n) is 7.52. The van der Waals surface area contributed by atoms with Crippen molar-refractivity contribution < 1.29 is 13.9 Å². The number of benzene rings is 3. The van der Waals surface area contributed by atoms with Crippen LogP contribution in [0.5, 0.6) is 5.75 Å². The van der Waals surface area contributed by atoms with Crippen LogP contribution in [0, 0.1) is 0 Å². The molecule has 5 nitrogen and oxygen atoms in total. The predicted molar refractivity (Wildman–Crippen MR) is 135 cm³/mol. The van der Waals surface area contributed by atoms with Crippen LogP contribution in [-0.4, -0.2) is 18.0 Å². The van der Waals surface area contributed by atoms with E-state index < -0.39 is 0 Å². The molecule has 0 fully saturated rings. The molecule has 0 atom stereocenters. The number of carbonyl (C=O) groups excluding carboxylic acids is 1. The molecule has 0 radical (unpaired) electrons. The molecule has 0 aliphatic carbocycles. The van der Waals surface area contributed by atoms with Crippen LogP contribution >= 0.6 is 43.5 Å². The van der Waals surface area contributed by atoms with E-state index in [9.17, 15) is 4.79 Å². The zero-order chi connectivity index (χ0) is 23.0. The van der Waals surface area contributed by atoms with Gasteiger partial charge in [0.25, 0.3) is 5.91 Å². The summed E-state index contributed by atoms with van der Waals surface area (Å²) >= 11 is 13.3. The van der Waals surface area contributed by atoms with Gasteiger partial charge in [-0.15, -0.1) is 0 Å². The van der Waals surface area contributed by atoms with Crippen LogP contribution in [-0.2, 0) is 0 Å². The van der Waals surface area contributed by atoms with Crippen LogP contribution in [0.25, 0.3) is 22.6 Å². The highest BCUT2D eigenvalue weighted by molar-refractivity contribution is 9.11. The molecule has 4 rings (SSSR count). The number of methoxy groups -OCH3 is 1. The lowest BCUT2D eigenvalue weighted by Gasteiger charge is -2.12. The maximum Gasteiger partial charge on any atom is 0.259 e. The largest absolute Gasteiger partial charge is 0.495 e. The molecule has 0 saturated heterocycles. The van der Waals surface area contributed by atoms with Gasteiger partial charge < -0.3 is 14.5 Å². The second kappa shape index (κ2) is 9.25. The van der Waals surface area contributed by atoms with Crippen LogP contribution in [0.3, 0.4) is 0 Å². The van der Waals surface area contributed by atoms with E-state index in [1.165, 1.54) is 12.7 Å². The van der Waals surface area contributed by atoms with Crippen molar-refractivity contribution in [2.24, 2.45) is 0 Å². The van der Waals surface area contributed by atoms with Crippen molar-refractivity contribution in [1.29, 1.82) is 0 Å². The normalized spacial score (nSPS) is 11.2. The van der Waals surface area contributed by atoms with Crippen molar-refractivity contribution in [1.82, 2.24) is 4.98 Å². The first-order chi connectivity index (χ1) is 15.3. The summed E-state index contributed by atoms with van der Waals surface area (Å²) in [4.78, 5) is 17.6. The van der Waals surface area contributed by atoms with Gasteiger partial charge in [0, 0.05) is 10.2 Å². The van der Waals surface area contributed by atoms with Crippen LogP contribution in [0.15, 0.2) is 61.9 Å². The van der Waals surface area contributed by atoms with Gasteiger partial charge in [0.2, 0.25) is 5.89 Å². The molecule has 1 amide bonds. The highest BCUT2D eigenvalue weighted by Crippen LogP contribution is 2.35. The number of nitrogens with zero attached hydrogens (tertiary/aromatic N) is 1. The van der Waals surface area contributed by atoms with Crippen molar-refractivity contribution in [2.45, 2.75) is 19.8 Å². The van der Waals surface area contributed by atoms with Crippen molar-refractivity contribution in [3.63, 3.8) is 0 Å². The Kier molecular flexibility index (Phi) is 6.60. The quantitative estimate of drug-likeness (QED) is 0.260. The molecule has 4 aromatic rings. The molecule has 3 aromatic carbocycles. The molecular weight excluding hydrogens is 560 g/mol. The Bertz CT molecular complexity index is 1330. The summed E-state index contributed by atoms with van der Waals surface area (Å²) in [6, 6.07) is 14.6. The predicted octanol–water partition coefficient (Wildman–Crippen LogP) is 8.06. The third-order valence-corrected chi connectivity index (χ3v) is 6.37. The van der Waals surface area contributed by atoms with Crippen LogP contribution in [0.1, 0.15) is 35.7 Å². The minimum atomic E-state index is -0.323. The van der Waals surface area contributed by atoms with Gasteiger partial charge in [-0.1, -0.05) is 47.4 Å². The topological polar surface area (TPSA) is 64.4 Å². The van der Waals surface area contributed by atoms with Gasteiger partial charge in [0.05, 0.1) is 27.7 Å². The summed E-state index contributed by atoms with van der Waals surface area (Å²) in [5, 5.41) is 3.37. The van der Waals surface area contributed by atoms with E-state index >= 15 is 0 Å². The first-order valence-corrected chi connectivity index (χ1v) is 11.8. The SMILES string of the molecule is COc1c(Br)cc(Br)cc1C(=O)Nc1ccc(Cl)c(-c2nc3cc(C(C)C)ccc3o2)c1. The number of nitrogens with one attached hydrogen (secondary N) is 1. The molecule has 164 valence electrons. The monoisotopic (exact) mass is 576 g/mol. The Morgan fingerprint density at radius 2 is 1.91 bits per heavy atom. The van der Waals surface area contributed by atoms with Crippen molar-refractivity contribution >= 4 is 66.2 Å². The van der Waals surface area contributed by atoms with E-state index in [1.807, 2.05) is 24.3 Å². The number of hydrogen-bond acceptors (Lipinski definition) is 4. The number of aromatic nitrogens is 1. The molecule has 0 aliphatic rings. The van der Waals surface area contributed by atoms with Crippen LogP contribution in [0.2, 0.25) is 5.02 Å². The average molecular weight is 579 g/mol. The van der Waals surface area contributed by atoms with Crippen molar-refractivity contribution in [3.05, 3.63) is 73.6 Å². The number of fused-ring (bicyclic) bond motifs is 1. The molecule has 0 unspecified atom stereocenters. The fourth-order valence-electron chi connectivity index (χ4n) is 3.32. The third-order valence-electron chi connectivity index (χ3n) is 4.99.